The molecule has 31 heavy (non-hydrogen) atoms. The molecule has 3 N–H and O–H groups in total. The van der Waals surface area contributed by atoms with E-state index < -0.39 is 0 Å². The van der Waals surface area contributed by atoms with E-state index in [-0.39, 0.29) is 18.3 Å². The van der Waals surface area contributed by atoms with Gasteiger partial charge in [-0.1, -0.05) is 13.3 Å². The smallest absolute Gasteiger partial charge is 0.224 e. The van der Waals surface area contributed by atoms with Gasteiger partial charge in [0.05, 0.1) is 23.1 Å². The summed E-state index contributed by atoms with van der Waals surface area (Å²) in [6.45, 7) is 4.33. The molecule has 0 aromatic carbocycles. The monoisotopic (exact) mass is 428 g/mol. The van der Waals surface area contributed by atoms with Crippen molar-refractivity contribution in [2.45, 2.75) is 108 Å². The number of nitrogens with one attached hydrogen (secondary N) is 1. The second kappa shape index (κ2) is 10.1. The van der Waals surface area contributed by atoms with E-state index in [2.05, 4.69) is 29.1 Å². The minimum absolute atomic E-state index is 0.0668. The number of hydrogen-bond donors (Lipinski definition) is 3. The van der Waals surface area contributed by atoms with Crippen LogP contribution >= 0.6 is 0 Å². The zero-order valence-electron chi connectivity index (χ0n) is 18.8. The Bertz CT molecular complexity index is 861. The number of pyridine rings is 1. The van der Waals surface area contributed by atoms with E-state index in [9.17, 15) is 10.2 Å². The van der Waals surface area contributed by atoms with Gasteiger partial charge in [0.1, 0.15) is 6.10 Å². The maximum Gasteiger partial charge on any atom is 0.224 e. The lowest BCUT2D eigenvalue weighted by Gasteiger charge is -2.28. The van der Waals surface area contributed by atoms with E-state index in [0.29, 0.717) is 23.8 Å². The third kappa shape index (κ3) is 5.44. The summed E-state index contributed by atoms with van der Waals surface area (Å²) in [7, 11) is 0. The van der Waals surface area contributed by atoms with E-state index in [1.54, 1.807) is 0 Å². The molecule has 2 aromatic rings. The molecule has 7 heteroatoms. The van der Waals surface area contributed by atoms with E-state index in [1.165, 1.54) is 0 Å². The van der Waals surface area contributed by atoms with Crippen LogP contribution in [-0.4, -0.2) is 49.5 Å². The molecule has 0 spiro atoms. The summed E-state index contributed by atoms with van der Waals surface area (Å²) in [5.74, 6) is 1.57. The Kier molecular flexibility index (Phi) is 7.23. The predicted octanol–water partition coefficient (Wildman–Crippen LogP) is 4.33. The average Bonchev–Trinajstić information content (AvgIpc) is 2.76. The van der Waals surface area contributed by atoms with Gasteiger partial charge in [0.2, 0.25) is 11.8 Å². The van der Waals surface area contributed by atoms with Gasteiger partial charge >= 0.3 is 0 Å². The normalized spacial score (nSPS) is 27.7. The summed E-state index contributed by atoms with van der Waals surface area (Å²) in [4.78, 5) is 14.2. The molecular formula is C24H36N4O3. The van der Waals surface area contributed by atoms with Crippen molar-refractivity contribution in [1.82, 2.24) is 15.0 Å². The molecule has 2 saturated carbocycles. The molecule has 2 aliphatic rings. The van der Waals surface area contributed by atoms with Gasteiger partial charge < -0.3 is 20.3 Å². The second-order valence-electron chi connectivity index (χ2n) is 9.36. The van der Waals surface area contributed by atoms with E-state index in [4.69, 9.17) is 9.72 Å². The molecule has 1 atom stereocenters. The van der Waals surface area contributed by atoms with Crippen molar-refractivity contribution in [3.63, 3.8) is 0 Å². The number of ether oxygens (including phenoxy) is 1. The second-order valence-corrected chi connectivity index (χ2v) is 9.36. The Hall–Kier alpha value is -1.99. The number of anilines is 1. The number of hydrogen-bond acceptors (Lipinski definition) is 7. The van der Waals surface area contributed by atoms with Crippen molar-refractivity contribution in [1.29, 1.82) is 0 Å². The third-order valence-electron chi connectivity index (χ3n) is 6.77. The standard InChI is InChI=1S/C24H36N4O3/c1-3-4-15(2)27-24-26-14-21-22(28-24)20(16-5-7-17(29)8-6-16)13-25-23(21)31-19-11-9-18(30)10-12-19/h13-19,29-30H,3-12H2,1-2H3,(H,26,27,28)/t15?,16-,17-,18-,19+. The number of fused-ring (bicyclic) bond motifs is 1. The summed E-state index contributed by atoms with van der Waals surface area (Å²) >= 11 is 0. The Morgan fingerprint density at radius 3 is 2.35 bits per heavy atom. The van der Waals surface area contributed by atoms with Crippen molar-refractivity contribution in [2.75, 3.05) is 5.32 Å². The van der Waals surface area contributed by atoms with Gasteiger partial charge in [-0.25, -0.2) is 15.0 Å². The lowest BCUT2D eigenvalue weighted by molar-refractivity contribution is 0.0651. The summed E-state index contributed by atoms with van der Waals surface area (Å²) in [5.41, 5.74) is 2.03. The zero-order chi connectivity index (χ0) is 21.8. The molecule has 0 aliphatic heterocycles. The molecule has 0 radical (unpaired) electrons. The highest BCUT2D eigenvalue weighted by Gasteiger charge is 2.26. The fourth-order valence-electron chi connectivity index (χ4n) is 4.91. The Morgan fingerprint density at radius 1 is 1.00 bits per heavy atom. The molecule has 2 aromatic heterocycles. The SMILES string of the molecule is CCCC(C)Nc1ncc2c(O[C@H]3CC[C@@H](O)CC3)ncc([C@H]3CC[C@H](O)CC3)c2n1. The molecule has 0 bridgehead atoms. The fourth-order valence-corrected chi connectivity index (χ4v) is 4.91. The molecular weight excluding hydrogens is 392 g/mol. The van der Waals surface area contributed by atoms with Gasteiger partial charge in [-0.3, -0.25) is 0 Å². The van der Waals surface area contributed by atoms with Gasteiger partial charge in [-0.05, 0) is 70.6 Å². The van der Waals surface area contributed by atoms with Crippen LogP contribution in [0.2, 0.25) is 0 Å². The number of aliphatic hydroxyl groups is 2. The van der Waals surface area contributed by atoms with Crippen molar-refractivity contribution in [2.24, 2.45) is 0 Å². The Morgan fingerprint density at radius 2 is 1.68 bits per heavy atom. The lowest BCUT2D eigenvalue weighted by atomic mass is 9.83. The fraction of sp³-hybridized carbons (Fsp3) is 0.708. The topological polar surface area (TPSA) is 100 Å². The molecule has 2 heterocycles. The quantitative estimate of drug-likeness (QED) is 0.603. The number of aliphatic hydroxyl groups excluding tert-OH is 2. The third-order valence-corrected chi connectivity index (χ3v) is 6.77. The molecule has 170 valence electrons. The van der Waals surface area contributed by atoms with Crippen LogP contribution in [0.3, 0.4) is 0 Å². The molecule has 7 nitrogen and oxygen atoms in total. The summed E-state index contributed by atoms with van der Waals surface area (Å²) in [5, 5.41) is 24.0. The molecule has 2 fully saturated rings. The van der Waals surface area contributed by atoms with Crippen molar-refractivity contribution in [3.05, 3.63) is 18.0 Å². The number of aromatic nitrogens is 3. The van der Waals surface area contributed by atoms with Crippen LogP contribution in [0.25, 0.3) is 10.9 Å². The maximum absolute atomic E-state index is 9.94. The first kappa shape index (κ1) is 22.2. The van der Waals surface area contributed by atoms with Crippen LogP contribution in [-0.2, 0) is 0 Å². The van der Waals surface area contributed by atoms with Crippen molar-refractivity contribution in [3.8, 4) is 5.88 Å². The minimum Gasteiger partial charge on any atom is -0.474 e. The zero-order valence-corrected chi connectivity index (χ0v) is 18.8. The Labute approximate surface area is 184 Å². The average molecular weight is 429 g/mol. The lowest BCUT2D eigenvalue weighted by Crippen LogP contribution is -2.27. The van der Waals surface area contributed by atoms with E-state index in [1.807, 2.05) is 12.4 Å². The van der Waals surface area contributed by atoms with E-state index in [0.717, 1.165) is 80.7 Å². The molecule has 1 unspecified atom stereocenters. The van der Waals surface area contributed by atoms with Crippen LogP contribution in [0.1, 0.15) is 89.5 Å². The van der Waals surface area contributed by atoms with Crippen LogP contribution in [0, 0.1) is 0 Å². The predicted molar refractivity (Wildman–Crippen MR) is 121 cm³/mol. The van der Waals surface area contributed by atoms with Gasteiger partial charge in [0.25, 0.3) is 0 Å². The van der Waals surface area contributed by atoms with Crippen LogP contribution in [0.5, 0.6) is 5.88 Å². The van der Waals surface area contributed by atoms with Crippen LogP contribution in [0.4, 0.5) is 5.95 Å². The van der Waals surface area contributed by atoms with Crippen molar-refractivity contribution >= 4 is 16.9 Å². The molecule has 4 rings (SSSR count). The number of nitrogens with zero attached hydrogens (tertiary/aromatic N) is 3. The summed E-state index contributed by atoms with van der Waals surface area (Å²) in [6, 6.07) is 0.307. The maximum atomic E-state index is 9.94. The molecule has 0 amide bonds. The van der Waals surface area contributed by atoms with Gasteiger partial charge in [0.15, 0.2) is 0 Å². The van der Waals surface area contributed by atoms with E-state index >= 15 is 0 Å². The highest BCUT2D eigenvalue weighted by atomic mass is 16.5. The first-order chi connectivity index (χ1) is 15.0. The molecule has 2 aliphatic carbocycles. The van der Waals surface area contributed by atoms with Gasteiger partial charge in [0, 0.05) is 24.0 Å². The summed E-state index contributed by atoms with van der Waals surface area (Å²) in [6.07, 6.45) is 12.3. The van der Waals surface area contributed by atoms with Crippen molar-refractivity contribution < 1.29 is 14.9 Å². The molecule has 0 saturated heterocycles. The number of rotatable bonds is 7. The first-order valence-corrected chi connectivity index (χ1v) is 12.0. The Balaban J connectivity index is 1.65. The van der Waals surface area contributed by atoms with Crippen LogP contribution in [0.15, 0.2) is 12.4 Å². The van der Waals surface area contributed by atoms with Gasteiger partial charge in [-0.2, -0.15) is 0 Å². The summed E-state index contributed by atoms with van der Waals surface area (Å²) < 4.78 is 6.27. The highest BCUT2D eigenvalue weighted by Crippen LogP contribution is 2.38. The highest BCUT2D eigenvalue weighted by molar-refractivity contribution is 5.86. The van der Waals surface area contributed by atoms with Gasteiger partial charge in [-0.15, -0.1) is 0 Å². The largest absolute Gasteiger partial charge is 0.474 e. The van der Waals surface area contributed by atoms with Crippen LogP contribution < -0.4 is 10.1 Å². The first-order valence-electron chi connectivity index (χ1n) is 12.0. The minimum atomic E-state index is -0.212.